The molecule has 5 heteroatoms. The first kappa shape index (κ1) is 14.7. The van der Waals surface area contributed by atoms with E-state index in [1.54, 1.807) is 4.68 Å². The fourth-order valence-electron chi connectivity index (χ4n) is 2.33. The zero-order valence-electron chi connectivity index (χ0n) is 12.1. The Morgan fingerprint density at radius 1 is 1.10 bits per heavy atom. The van der Waals surface area contributed by atoms with E-state index in [1.807, 2.05) is 34.0 Å². The second kappa shape index (κ2) is 5.71. The summed E-state index contributed by atoms with van der Waals surface area (Å²) >= 11 is 0. The molecular weight excluding hydrogens is 260 g/mol. The summed E-state index contributed by atoms with van der Waals surface area (Å²) in [5.41, 5.74) is 2.75. The molecule has 108 valence electrons. The van der Waals surface area contributed by atoms with Crippen molar-refractivity contribution in [2.75, 3.05) is 0 Å². The SMILES string of the molecule is Cc1c(C(C)NC(C)c2cc(F)cc(F)c2)cnn1C. The number of hydrogen-bond acceptors (Lipinski definition) is 2. The van der Waals surface area contributed by atoms with Crippen molar-refractivity contribution < 1.29 is 8.78 Å². The molecule has 20 heavy (non-hydrogen) atoms. The normalized spacial score (nSPS) is 14.3. The molecule has 2 aromatic rings. The minimum atomic E-state index is -0.557. The van der Waals surface area contributed by atoms with E-state index in [0.29, 0.717) is 5.56 Å². The van der Waals surface area contributed by atoms with Crippen molar-refractivity contribution in [2.45, 2.75) is 32.9 Å². The maximum absolute atomic E-state index is 13.2. The molecule has 2 atom stereocenters. The molecule has 0 fully saturated rings. The summed E-state index contributed by atoms with van der Waals surface area (Å²) in [4.78, 5) is 0. The molecule has 2 rings (SSSR count). The van der Waals surface area contributed by atoms with E-state index < -0.39 is 11.6 Å². The Bertz CT molecular complexity index is 587. The van der Waals surface area contributed by atoms with Gasteiger partial charge in [0.2, 0.25) is 0 Å². The second-order valence-corrected chi connectivity index (χ2v) is 5.12. The number of aromatic nitrogens is 2. The largest absolute Gasteiger partial charge is 0.304 e. The van der Waals surface area contributed by atoms with Gasteiger partial charge in [0.05, 0.1) is 6.20 Å². The fourth-order valence-corrected chi connectivity index (χ4v) is 2.33. The molecule has 1 heterocycles. The highest BCUT2D eigenvalue weighted by atomic mass is 19.1. The van der Waals surface area contributed by atoms with E-state index in [-0.39, 0.29) is 12.1 Å². The van der Waals surface area contributed by atoms with Crippen molar-refractivity contribution in [1.82, 2.24) is 15.1 Å². The van der Waals surface area contributed by atoms with Gasteiger partial charge in [-0.2, -0.15) is 5.10 Å². The van der Waals surface area contributed by atoms with Crippen LogP contribution < -0.4 is 5.32 Å². The topological polar surface area (TPSA) is 29.9 Å². The van der Waals surface area contributed by atoms with Crippen LogP contribution in [0.5, 0.6) is 0 Å². The van der Waals surface area contributed by atoms with E-state index >= 15 is 0 Å². The maximum atomic E-state index is 13.2. The predicted octanol–water partition coefficient (Wildman–Crippen LogP) is 3.42. The standard InChI is InChI=1S/C15H19F2N3/c1-9(12-5-13(16)7-14(17)6-12)19-10(2)15-8-18-20(4)11(15)3/h5-10,19H,1-4H3. The van der Waals surface area contributed by atoms with Crippen molar-refractivity contribution in [3.05, 3.63) is 52.9 Å². The third-order valence-corrected chi connectivity index (χ3v) is 3.62. The highest BCUT2D eigenvalue weighted by Crippen LogP contribution is 2.22. The lowest BCUT2D eigenvalue weighted by atomic mass is 10.0. The van der Waals surface area contributed by atoms with Gasteiger partial charge < -0.3 is 5.32 Å². The van der Waals surface area contributed by atoms with E-state index in [9.17, 15) is 8.78 Å². The van der Waals surface area contributed by atoms with Crippen LogP contribution in [-0.2, 0) is 7.05 Å². The van der Waals surface area contributed by atoms with Crippen molar-refractivity contribution in [3.63, 3.8) is 0 Å². The average molecular weight is 279 g/mol. The Kier molecular flexibility index (Phi) is 4.18. The number of nitrogens with zero attached hydrogens (tertiary/aromatic N) is 2. The van der Waals surface area contributed by atoms with Crippen LogP contribution in [0.2, 0.25) is 0 Å². The predicted molar refractivity (Wildman–Crippen MR) is 74.3 cm³/mol. The lowest BCUT2D eigenvalue weighted by Crippen LogP contribution is -2.23. The van der Waals surface area contributed by atoms with Crippen LogP contribution in [-0.4, -0.2) is 9.78 Å². The van der Waals surface area contributed by atoms with Crippen LogP contribution in [0.25, 0.3) is 0 Å². The molecule has 0 radical (unpaired) electrons. The summed E-state index contributed by atoms with van der Waals surface area (Å²) in [6.45, 7) is 5.89. The molecule has 0 saturated carbocycles. The molecule has 2 unspecified atom stereocenters. The molecule has 0 spiro atoms. The first-order valence-corrected chi connectivity index (χ1v) is 6.59. The van der Waals surface area contributed by atoms with Crippen LogP contribution in [0.4, 0.5) is 8.78 Å². The summed E-state index contributed by atoms with van der Waals surface area (Å²) in [5, 5.41) is 7.54. The number of halogens is 2. The van der Waals surface area contributed by atoms with Gasteiger partial charge in [-0.05, 0) is 38.5 Å². The molecule has 0 amide bonds. The monoisotopic (exact) mass is 279 g/mol. The molecule has 3 nitrogen and oxygen atoms in total. The summed E-state index contributed by atoms with van der Waals surface area (Å²) in [5.74, 6) is -1.11. The molecular formula is C15H19F2N3. The van der Waals surface area contributed by atoms with Crippen molar-refractivity contribution in [3.8, 4) is 0 Å². The molecule has 0 saturated heterocycles. The Morgan fingerprint density at radius 3 is 2.20 bits per heavy atom. The number of hydrogen-bond donors (Lipinski definition) is 1. The Morgan fingerprint density at radius 2 is 1.70 bits per heavy atom. The third kappa shape index (κ3) is 3.04. The number of rotatable bonds is 4. The van der Waals surface area contributed by atoms with Gasteiger partial charge >= 0.3 is 0 Å². The van der Waals surface area contributed by atoms with Gasteiger partial charge in [-0.15, -0.1) is 0 Å². The van der Waals surface area contributed by atoms with Gasteiger partial charge in [0, 0.05) is 36.5 Å². The lowest BCUT2D eigenvalue weighted by Gasteiger charge is -2.20. The quantitative estimate of drug-likeness (QED) is 0.929. The summed E-state index contributed by atoms with van der Waals surface area (Å²) in [6, 6.07) is 3.47. The van der Waals surface area contributed by atoms with E-state index in [4.69, 9.17) is 0 Å². The van der Waals surface area contributed by atoms with Crippen LogP contribution in [0.1, 0.15) is 42.8 Å². The van der Waals surface area contributed by atoms with Gasteiger partial charge in [-0.3, -0.25) is 4.68 Å². The Hall–Kier alpha value is -1.75. The molecule has 0 bridgehead atoms. The summed E-state index contributed by atoms with van der Waals surface area (Å²) in [6.07, 6.45) is 1.81. The van der Waals surface area contributed by atoms with Crippen LogP contribution in [0.15, 0.2) is 24.4 Å². The van der Waals surface area contributed by atoms with Gasteiger partial charge in [-0.1, -0.05) is 0 Å². The van der Waals surface area contributed by atoms with Gasteiger partial charge in [-0.25, -0.2) is 8.78 Å². The van der Waals surface area contributed by atoms with E-state index in [2.05, 4.69) is 10.4 Å². The van der Waals surface area contributed by atoms with Crippen LogP contribution in [0, 0.1) is 18.6 Å². The second-order valence-electron chi connectivity index (χ2n) is 5.12. The first-order chi connectivity index (χ1) is 9.38. The van der Waals surface area contributed by atoms with Gasteiger partial charge in [0.25, 0.3) is 0 Å². The maximum Gasteiger partial charge on any atom is 0.126 e. The Labute approximate surface area is 117 Å². The highest BCUT2D eigenvalue weighted by Gasteiger charge is 2.16. The van der Waals surface area contributed by atoms with E-state index in [1.165, 1.54) is 12.1 Å². The fraction of sp³-hybridized carbons (Fsp3) is 0.400. The third-order valence-electron chi connectivity index (χ3n) is 3.62. The Balaban J connectivity index is 2.14. The summed E-state index contributed by atoms with van der Waals surface area (Å²) < 4.78 is 28.3. The number of aryl methyl sites for hydroxylation is 1. The molecule has 0 aliphatic rings. The number of nitrogens with one attached hydrogen (secondary N) is 1. The molecule has 0 aliphatic heterocycles. The molecule has 1 N–H and O–H groups in total. The smallest absolute Gasteiger partial charge is 0.126 e. The van der Waals surface area contributed by atoms with Crippen LogP contribution in [0.3, 0.4) is 0 Å². The molecule has 1 aromatic heterocycles. The first-order valence-electron chi connectivity index (χ1n) is 6.59. The molecule has 0 aliphatic carbocycles. The highest BCUT2D eigenvalue weighted by molar-refractivity contribution is 5.23. The van der Waals surface area contributed by atoms with E-state index in [0.717, 1.165) is 17.3 Å². The van der Waals surface area contributed by atoms with Gasteiger partial charge in [0.15, 0.2) is 0 Å². The zero-order chi connectivity index (χ0) is 14.9. The summed E-state index contributed by atoms with van der Waals surface area (Å²) in [7, 11) is 1.89. The number of benzene rings is 1. The average Bonchev–Trinajstić information content (AvgIpc) is 2.68. The molecule has 1 aromatic carbocycles. The lowest BCUT2D eigenvalue weighted by molar-refractivity contribution is 0.485. The minimum Gasteiger partial charge on any atom is -0.304 e. The minimum absolute atomic E-state index is 0.0463. The zero-order valence-corrected chi connectivity index (χ0v) is 12.1. The van der Waals surface area contributed by atoms with Crippen molar-refractivity contribution in [1.29, 1.82) is 0 Å². The van der Waals surface area contributed by atoms with Crippen molar-refractivity contribution in [2.24, 2.45) is 7.05 Å². The van der Waals surface area contributed by atoms with Crippen LogP contribution >= 0.6 is 0 Å². The van der Waals surface area contributed by atoms with Gasteiger partial charge in [0.1, 0.15) is 11.6 Å². The van der Waals surface area contributed by atoms with Crippen molar-refractivity contribution >= 4 is 0 Å².